The molecule has 0 bridgehead atoms. The number of nitrogens with one attached hydrogen (secondary N) is 1. The summed E-state index contributed by atoms with van der Waals surface area (Å²) >= 11 is 7.33. The number of amides is 1. The number of anilines is 2. The topological polar surface area (TPSA) is 101 Å². The zero-order valence-electron chi connectivity index (χ0n) is 18.8. The van der Waals surface area contributed by atoms with Crippen LogP contribution in [0.15, 0.2) is 77.7 Å². The number of hydrogen-bond donors (Lipinski definition) is 1. The summed E-state index contributed by atoms with van der Waals surface area (Å²) in [6, 6.07) is 20.1. The van der Waals surface area contributed by atoms with Gasteiger partial charge in [0.05, 0.1) is 17.7 Å². The Kier molecular flexibility index (Phi) is 7.34. The molecule has 1 N–H and O–H groups in total. The van der Waals surface area contributed by atoms with Crippen LogP contribution in [0.3, 0.4) is 0 Å². The first kappa shape index (κ1) is 24.6. The number of ether oxygens (including phenoxy) is 1. The van der Waals surface area contributed by atoms with Gasteiger partial charge >= 0.3 is 0 Å². The minimum Gasteiger partial charge on any atom is -0.497 e. The molecule has 0 aliphatic rings. The lowest BCUT2D eigenvalue weighted by atomic mass is 10.2. The number of nitrogens with zero attached hydrogens (tertiary/aromatic N) is 3. The minimum absolute atomic E-state index is 0.0601. The van der Waals surface area contributed by atoms with E-state index in [-0.39, 0.29) is 10.0 Å². The Morgan fingerprint density at radius 3 is 2.46 bits per heavy atom. The molecular weight excluding hydrogens is 508 g/mol. The lowest BCUT2D eigenvalue weighted by Gasteiger charge is -2.25. The molecule has 0 saturated heterocycles. The number of aromatic nitrogens is 2. The van der Waals surface area contributed by atoms with E-state index in [1.807, 2.05) is 12.1 Å². The third kappa shape index (κ3) is 5.61. The smallest absolute Gasteiger partial charge is 0.264 e. The van der Waals surface area contributed by atoms with Crippen LogP contribution >= 0.6 is 22.9 Å². The van der Waals surface area contributed by atoms with Gasteiger partial charge in [-0.1, -0.05) is 47.2 Å². The Morgan fingerprint density at radius 1 is 1.06 bits per heavy atom. The predicted molar refractivity (Wildman–Crippen MR) is 138 cm³/mol. The van der Waals surface area contributed by atoms with Gasteiger partial charge in [-0.2, -0.15) is 0 Å². The normalized spacial score (nSPS) is 11.2. The summed E-state index contributed by atoms with van der Waals surface area (Å²) in [5, 5.41) is 12.0. The third-order valence-corrected chi connectivity index (χ3v) is 7.96. The molecule has 1 amide bonds. The van der Waals surface area contributed by atoms with Gasteiger partial charge < -0.3 is 4.74 Å². The fraction of sp³-hybridized carbons (Fsp3) is 0.125. The van der Waals surface area contributed by atoms with Crippen molar-refractivity contribution in [3.8, 4) is 16.3 Å². The highest BCUT2D eigenvalue weighted by Gasteiger charge is 2.28. The molecule has 0 spiro atoms. The second kappa shape index (κ2) is 10.4. The van der Waals surface area contributed by atoms with Crippen molar-refractivity contribution >= 4 is 49.7 Å². The SMILES string of the molecule is COc1ccc(-c2nnc(NC(=O)CN(c3cc(Cl)ccc3C)S(=O)(=O)c3ccccc3)s2)cc1. The zero-order chi connectivity index (χ0) is 25.0. The summed E-state index contributed by atoms with van der Waals surface area (Å²) < 4.78 is 33.2. The van der Waals surface area contributed by atoms with Crippen LogP contribution < -0.4 is 14.4 Å². The lowest BCUT2D eigenvalue weighted by Crippen LogP contribution is -2.38. The van der Waals surface area contributed by atoms with Gasteiger partial charge in [0.15, 0.2) is 0 Å². The Morgan fingerprint density at radius 2 is 1.77 bits per heavy atom. The Labute approximate surface area is 212 Å². The van der Waals surface area contributed by atoms with E-state index in [2.05, 4.69) is 15.5 Å². The van der Waals surface area contributed by atoms with Crippen molar-refractivity contribution in [3.05, 3.63) is 83.4 Å². The highest BCUT2D eigenvalue weighted by Crippen LogP contribution is 2.30. The molecule has 35 heavy (non-hydrogen) atoms. The molecule has 11 heteroatoms. The standard InChI is InChI=1S/C24H21ClN4O4S2/c1-16-8-11-18(25)14-21(16)29(35(31,32)20-6-4-3-5-7-20)15-22(30)26-24-28-27-23(34-24)17-9-12-19(33-2)13-10-17/h3-14H,15H2,1-2H3,(H,26,28,30). The highest BCUT2D eigenvalue weighted by atomic mass is 35.5. The van der Waals surface area contributed by atoms with E-state index in [1.54, 1.807) is 56.5 Å². The van der Waals surface area contributed by atoms with Crippen molar-refractivity contribution in [2.75, 3.05) is 23.3 Å². The van der Waals surface area contributed by atoms with Crippen LogP contribution in [0.4, 0.5) is 10.8 Å². The zero-order valence-corrected chi connectivity index (χ0v) is 21.2. The van der Waals surface area contributed by atoms with Crippen molar-refractivity contribution < 1.29 is 17.9 Å². The van der Waals surface area contributed by atoms with Crippen LogP contribution in [0.2, 0.25) is 5.02 Å². The van der Waals surface area contributed by atoms with Crippen molar-refractivity contribution in [1.29, 1.82) is 0 Å². The molecule has 0 atom stereocenters. The second-order valence-electron chi connectivity index (χ2n) is 7.44. The number of aryl methyl sites for hydroxylation is 1. The number of carbonyl (C=O) groups is 1. The second-order valence-corrected chi connectivity index (χ2v) is 10.7. The van der Waals surface area contributed by atoms with Gasteiger partial charge in [0.2, 0.25) is 11.0 Å². The van der Waals surface area contributed by atoms with Gasteiger partial charge in [-0.3, -0.25) is 14.4 Å². The molecule has 0 saturated carbocycles. The monoisotopic (exact) mass is 528 g/mol. The molecule has 1 aromatic heterocycles. The molecule has 8 nitrogen and oxygen atoms in total. The molecular formula is C24H21ClN4O4S2. The summed E-state index contributed by atoms with van der Waals surface area (Å²) in [4.78, 5) is 13.0. The number of hydrogen-bond acceptors (Lipinski definition) is 7. The summed E-state index contributed by atoms with van der Waals surface area (Å²) in [5.74, 6) is 0.143. The van der Waals surface area contributed by atoms with Gasteiger partial charge in [0.25, 0.3) is 10.0 Å². The molecule has 0 aliphatic carbocycles. The van der Waals surface area contributed by atoms with Gasteiger partial charge in [0, 0.05) is 10.6 Å². The van der Waals surface area contributed by atoms with Crippen molar-refractivity contribution in [3.63, 3.8) is 0 Å². The summed E-state index contributed by atoms with van der Waals surface area (Å²) in [5.41, 5.74) is 1.78. The number of sulfonamides is 1. The van der Waals surface area contributed by atoms with Crippen LogP contribution in [0, 0.1) is 6.92 Å². The lowest BCUT2D eigenvalue weighted by molar-refractivity contribution is -0.114. The van der Waals surface area contributed by atoms with E-state index in [0.717, 1.165) is 9.87 Å². The van der Waals surface area contributed by atoms with Crippen LogP contribution in [-0.2, 0) is 14.8 Å². The van der Waals surface area contributed by atoms with E-state index >= 15 is 0 Å². The fourth-order valence-corrected chi connectivity index (χ4v) is 5.71. The van der Waals surface area contributed by atoms with Gasteiger partial charge in [0.1, 0.15) is 17.3 Å². The molecule has 1 heterocycles. The van der Waals surface area contributed by atoms with E-state index in [9.17, 15) is 13.2 Å². The molecule has 0 radical (unpaired) electrons. The molecule has 4 rings (SSSR count). The number of methoxy groups -OCH3 is 1. The van der Waals surface area contributed by atoms with Crippen LogP contribution in [-0.4, -0.2) is 38.2 Å². The molecule has 0 aliphatic heterocycles. The Bertz CT molecular complexity index is 1440. The molecule has 180 valence electrons. The van der Waals surface area contributed by atoms with Gasteiger partial charge in [-0.25, -0.2) is 8.42 Å². The maximum Gasteiger partial charge on any atom is 0.264 e. The van der Waals surface area contributed by atoms with E-state index in [0.29, 0.717) is 27.0 Å². The van der Waals surface area contributed by atoms with Crippen molar-refractivity contribution in [1.82, 2.24) is 10.2 Å². The van der Waals surface area contributed by atoms with Crippen LogP contribution in [0.1, 0.15) is 5.56 Å². The maximum atomic E-state index is 13.5. The maximum absolute atomic E-state index is 13.5. The van der Waals surface area contributed by atoms with Crippen molar-refractivity contribution in [2.45, 2.75) is 11.8 Å². The molecule has 0 unspecified atom stereocenters. The van der Waals surface area contributed by atoms with Crippen LogP contribution in [0.5, 0.6) is 5.75 Å². The number of carbonyl (C=O) groups excluding carboxylic acids is 1. The average Bonchev–Trinajstić information content (AvgIpc) is 3.33. The predicted octanol–water partition coefficient (Wildman–Crippen LogP) is 5.01. The Balaban J connectivity index is 1.59. The number of benzene rings is 3. The largest absolute Gasteiger partial charge is 0.497 e. The van der Waals surface area contributed by atoms with E-state index in [4.69, 9.17) is 16.3 Å². The first-order chi connectivity index (χ1) is 16.8. The van der Waals surface area contributed by atoms with Gasteiger partial charge in [-0.15, -0.1) is 10.2 Å². The molecule has 3 aromatic carbocycles. The average molecular weight is 529 g/mol. The molecule has 4 aromatic rings. The first-order valence-electron chi connectivity index (χ1n) is 10.4. The Hall–Kier alpha value is -3.47. The van der Waals surface area contributed by atoms with Crippen LogP contribution in [0.25, 0.3) is 10.6 Å². The quantitative estimate of drug-likeness (QED) is 0.345. The van der Waals surface area contributed by atoms with E-state index < -0.39 is 22.5 Å². The number of halogens is 1. The first-order valence-corrected chi connectivity index (χ1v) is 13.0. The third-order valence-electron chi connectivity index (χ3n) is 5.07. The summed E-state index contributed by atoms with van der Waals surface area (Å²) in [6.45, 7) is 1.28. The summed E-state index contributed by atoms with van der Waals surface area (Å²) in [7, 11) is -2.47. The van der Waals surface area contributed by atoms with Gasteiger partial charge in [-0.05, 0) is 61.0 Å². The summed E-state index contributed by atoms with van der Waals surface area (Å²) in [6.07, 6.45) is 0. The van der Waals surface area contributed by atoms with E-state index in [1.165, 1.54) is 29.5 Å². The minimum atomic E-state index is -4.06. The highest BCUT2D eigenvalue weighted by molar-refractivity contribution is 7.92. The molecule has 0 fully saturated rings. The fourth-order valence-electron chi connectivity index (χ4n) is 3.28. The number of rotatable bonds is 8. The van der Waals surface area contributed by atoms with Crippen molar-refractivity contribution in [2.24, 2.45) is 0 Å².